The van der Waals surface area contributed by atoms with Gasteiger partial charge in [-0.1, -0.05) is 5.76 Å². The lowest BCUT2D eigenvalue weighted by atomic mass is 10.1. The van der Waals surface area contributed by atoms with Crippen molar-refractivity contribution in [1.29, 1.82) is 0 Å². The minimum absolute atomic E-state index is 0.311. The van der Waals surface area contributed by atoms with Crippen molar-refractivity contribution in [3.8, 4) is 11.4 Å². The molecule has 2 aromatic heterocycles. The number of aryl methyl sites for hydroxylation is 1. The molecule has 0 spiro atoms. The normalized spacial score (nSPS) is 10.4. The van der Waals surface area contributed by atoms with E-state index in [2.05, 4.69) is 21.6 Å². The maximum Gasteiger partial charge on any atom is 0.163 e. The van der Waals surface area contributed by atoms with E-state index in [9.17, 15) is 5.11 Å². The van der Waals surface area contributed by atoms with E-state index in [1.165, 1.54) is 0 Å². The van der Waals surface area contributed by atoms with Crippen LogP contribution in [-0.4, -0.2) is 19.7 Å². The van der Waals surface area contributed by atoms with Gasteiger partial charge < -0.3 is 5.11 Å². The zero-order valence-electron chi connectivity index (χ0n) is 9.14. The second kappa shape index (κ2) is 3.77. The summed E-state index contributed by atoms with van der Waals surface area (Å²) in [4.78, 5) is 8.24. The second-order valence-electron chi connectivity index (χ2n) is 3.43. The first-order valence-corrected chi connectivity index (χ1v) is 4.78. The van der Waals surface area contributed by atoms with Crippen LogP contribution in [0.2, 0.25) is 0 Å². The highest BCUT2D eigenvalue weighted by Gasteiger charge is 2.15. The van der Waals surface area contributed by atoms with Gasteiger partial charge in [-0.2, -0.15) is 5.10 Å². The molecule has 0 unspecified atom stereocenters. The molecular weight excluding hydrogens is 204 g/mol. The van der Waals surface area contributed by atoms with E-state index in [0.717, 1.165) is 5.69 Å². The minimum atomic E-state index is -0.328. The summed E-state index contributed by atoms with van der Waals surface area (Å²) in [6, 6.07) is 1.72. The van der Waals surface area contributed by atoms with Gasteiger partial charge in [0.05, 0.1) is 11.3 Å². The molecule has 0 atom stereocenters. The highest BCUT2D eigenvalue weighted by atomic mass is 16.3. The van der Waals surface area contributed by atoms with Gasteiger partial charge >= 0.3 is 0 Å². The first-order valence-electron chi connectivity index (χ1n) is 4.78. The molecule has 2 rings (SSSR count). The number of nitrogens with zero attached hydrogens (tertiary/aromatic N) is 4. The summed E-state index contributed by atoms with van der Waals surface area (Å²) in [5, 5.41) is 15.5. The van der Waals surface area contributed by atoms with Crippen LogP contribution in [0.5, 0.6) is 0 Å². The van der Waals surface area contributed by atoms with E-state index in [1.807, 2.05) is 6.92 Å². The third kappa shape index (κ3) is 1.56. The molecule has 0 fully saturated rings. The van der Waals surface area contributed by atoms with Gasteiger partial charge in [0.1, 0.15) is 0 Å². The Bertz CT molecular complexity index is 530. The molecule has 2 aromatic rings. The van der Waals surface area contributed by atoms with Crippen molar-refractivity contribution >= 4 is 5.76 Å². The van der Waals surface area contributed by atoms with Crippen molar-refractivity contribution in [3.05, 3.63) is 36.4 Å². The summed E-state index contributed by atoms with van der Waals surface area (Å²) in [5.41, 5.74) is 1.81. The number of hydrogen-bond acceptors (Lipinski definition) is 4. The third-order valence-electron chi connectivity index (χ3n) is 2.39. The fraction of sp³-hybridized carbons (Fsp3) is 0.182. The summed E-state index contributed by atoms with van der Waals surface area (Å²) < 4.78 is 1.63. The van der Waals surface area contributed by atoms with Crippen molar-refractivity contribution < 1.29 is 5.11 Å². The van der Waals surface area contributed by atoms with Crippen molar-refractivity contribution in [2.45, 2.75) is 6.92 Å². The van der Waals surface area contributed by atoms with Gasteiger partial charge in [0.2, 0.25) is 0 Å². The van der Waals surface area contributed by atoms with Gasteiger partial charge in [-0.25, -0.2) is 9.97 Å². The maximum absolute atomic E-state index is 11.4. The molecule has 0 amide bonds. The molecule has 0 aliphatic rings. The molecule has 82 valence electrons. The number of aromatic nitrogens is 4. The van der Waals surface area contributed by atoms with E-state index in [4.69, 9.17) is 0 Å². The average Bonchev–Trinajstić information content (AvgIpc) is 2.57. The molecule has 0 bridgehead atoms. The van der Waals surface area contributed by atoms with Gasteiger partial charge in [0.15, 0.2) is 5.82 Å². The molecular formula is C11H11N4O-. The van der Waals surface area contributed by atoms with Crippen molar-refractivity contribution in [2.24, 2.45) is 7.05 Å². The van der Waals surface area contributed by atoms with Gasteiger partial charge in [-0.05, 0) is 13.0 Å². The Kier molecular flexibility index (Phi) is 2.44. The minimum Gasteiger partial charge on any atom is -0.871 e. The molecule has 0 saturated heterocycles. The molecule has 2 heterocycles. The Hall–Kier alpha value is -2.17. The van der Waals surface area contributed by atoms with Crippen LogP contribution in [0.4, 0.5) is 0 Å². The SMILES string of the molecule is C=C([O-])c1nn(C)c(C)c1-c1ncccn1. The lowest BCUT2D eigenvalue weighted by Crippen LogP contribution is -2.03. The van der Waals surface area contributed by atoms with E-state index in [-0.39, 0.29) is 5.76 Å². The maximum atomic E-state index is 11.4. The first-order chi connectivity index (χ1) is 7.61. The van der Waals surface area contributed by atoms with Gasteiger partial charge in [-0.15, -0.1) is 6.58 Å². The van der Waals surface area contributed by atoms with Crippen molar-refractivity contribution in [1.82, 2.24) is 19.7 Å². The zero-order valence-corrected chi connectivity index (χ0v) is 9.14. The Morgan fingerprint density at radius 1 is 1.38 bits per heavy atom. The van der Waals surface area contributed by atoms with E-state index in [1.54, 1.807) is 30.2 Å². The summed E-state index contributed by atoms with van der Waals surface area (Å²) in [5.74, 6) is 0.172. The van der Waals surface area contributed by atoms with E-state index in [0.29, 0.717) is 17.1 Å². The molecule has 0 saturated carbocycles. The number of hydrogen-bond donors (Lipinski definition) is 0. The molecule has 5 nitrogen and oxygen atoms in total. The molecule has 0 aliphatic heterocycles. The lowest BCUT2D eigenvalue weighted by Gasteiger charge is -2.07. The molecule has 0 aliphatic carbocycles. The molecule has 0 N–H and O–H groups in total. The predicted octanol–water partition coefficient (Wildman–Crippen LogP) is 0.517. The summed E-state index contributed by atoms with van der Waals surface area (Å²) in [6.45, 7) is 5.25. The van der Waals surface area contributed by atoms with Crippen LogP contribution in [0.3, 0.4) is 0 Å². The second-order valence-corrected chi connectivity index (χ2v) is 3.43. The Morgan fingerprint density at radius 3 is 2.56 bits per heavy atom. The van der Waals surface area contributed by atoms with Crippen LogP contribution in [0, 0.1) is 6.92 Å². The monoisotopic (exact) mass is 215 g/mol. The van der Waals surface area contributed by atoms with Gasteiger partial charge in [0.25, 0.3) is 0 Å². The Labute approximate surface area is 93.1 Å². The first kappa shape index (κ1) is 10.4. The molecule has 0 aromatic carbocycles. The largest absolute Gasteiger partial charge is 0.871 e. The Balaban J connectivity index is 2.68. The summed E-state index contributed by atoms with van der Waals surface area (Å²) in [6.07, 6.45) is 3.26. The van der Waals surface area contributed by atoms with Crippen LogP contribution in [0.25, 0.3) is 17.1 Å². The van der Waals surface area contributed by atoms with Crippen LogP contribution in [-0.2, 0) is 7.05 Å². The highest BCUT2D eigenvalue weighted by Crippen LogP contribution is 2.25. The van der Waals surface area contributed by atoms with Crippen LogP contribution >= 0.6 is 0 Å². The van der Waals surface area contributed by atoms with E-state index < -0.39 is 0 Å². The molecule has 0 radical (unpaired) electrons. The van der Waals surface area contributed by atoms with Crippen molar-refractivity contribution in [2.75, 3.05) is 0 Å². The smallest absolute Gasteiger partial charge is 0.163 e. The van der Waals surface area contributed by atoms with Crippen LogP contribution in [0.15, 0.2) is 25.0 Å². The fourth-order valence-electron chi connectivity index (χ4n) is 1.50. The van der Waals surface area contributed by atoms with Gasteiger partial charge in [-0.3, -0.25) is 4.68 Å². The fourth-order valence-corrected chi connectivity index (χ4v) is 1.50. The highest BCUT2D eigenvalue weighted by molar-refractivity contribution is 5.72. The molecule has 16 heavy (non-hydrogen) atoms. The predicted molar refractivity (Wildman–Crippen MR) is 58.0 cm³/mol. The molecule has 5 heteroatoms. The van der Waals surface area contributed by atoms with Gasteiger partial charge in [0, 0.05) is 25.1 Å². The zero-order chi connectivity index (χ0) is 11.7. The third-order valence-corrected chi connectivity index (χ3v) is 2.39. The van der Waals surface area contributed by atoms with Crippen LogP contribution in [0.1, 0.15) is 11.4 Å². The number of rotatable bonds is 2. The van der Waals surface area contributed by atoms with E-state index >= 15 is 0 Å². The summed E-state index contributed by atoms with van der Waals surface area (Å²) in [7, 11) is 1.77. The topological polar surface area (TPSA) is 66.7 Å². The Morgan fingerprint density at radius 2 is 2.00 bits per heavy atom. The van der Waals surface area contributed by atoms with Crippen LogP contribution < -0.4 is 5.11 Å². The quantitative estimate of drug-likeness (QED) is 0.685. The standard InChI is InChI=1S/C11H12N4O/c1-7-9(11-12-5-4-6-13-11)10(8(2)16)14-15(7)3/h4-6,16H,2H2,1,3H3/p-1. The lowest BCUT2D eigenvalue weighted by molar-refractivity contribution is -0.243. The van der Waals surface area contributed by atoms with Crippen molar-refractivity contribution in [3.63, 3.8) is 0 Å². The average molecular weight is 215 g/mol. The summed E-state index contributed by atoms with van der Waals surface area (Å²) >= 11 is 0.